The molecule has 2 atom stereocenters. The van der Waals surface area contributed by atoms with Gasteiger partial charge in [0.15, 0.2) is 5.78 Å². The second-order valence-corrected chi connectivity index (χ2v) is 10.2. The third kappa shape index (κ3) is 5.84. The topological polar surface area (TPSA) is 65.0 Å². The molecule has 0 heterocycles. The van der Waals surface area contributed by atoms with Crippen molar-refractivity contribution in [1.29, 1.82) is 0 Å². The largest absolute Gasteiger partial charge is 0.497 e. The SMILES string of the molecule is C=C/C=C(/COC(c1ccccc1)(c1ccccc1)c1ccccc1)[C@H]1C(=O)C=C[C@@]1(O)COc1ccc(OC)cc1. The number of hydrogen-bond acceptors (Lipinski definition) is 5. The number of ketones is 1. The monoisotopic (exact) mass is 558 g/mol. The zero-order valence-corrected chi connectivity index (χ0v) is 23.6. The van der Waals surface area contributed by atoms with Crippen LogP contribution in [-0.4, -0.2) is 36.8 Å². The number of allylic oxidation sites excluding steroid dienone is 3. The van der Waals surface area contributed by atoms with Crippen LogP contribution in [0.4, 0.5) is 0 Å². The molecule has 1 aliphatic rings. The fourth-order valence-corrected chi connectivity index (χ4v) is 5.51. The van der Waals surface area contributed by atoms with Gasteiger partial charge in [0, 0.05) is 0 Å². The Hall–Kier alpha value is -4.71. The van der Waals surface area contributed by atoms with E-state index in [-0.39, 0.29) is 19.0 Å². The van der Waals surface area contributed by atoms with Crippen LogP contribution in [0, 0.1) is 5.92 Å². The molecule has 5 rings (SSSR count). The number of carbonyl (C=O) groups excluding carboxylic acids is 1. The van der Waals surface area contributed by atoms with E-state index >= 15 is 0 Å². The first-order chi connectivity index (χ1) is 20.5. The van der Waals surface area contributed by atoms with Crippen LogP contribution in [0.3, 0.4) is 0 Å². The number of ether oxygens (including phenoxy) is 3. The number of carbonyl (C=O) groups is 1. The molecule has 0 saturated heterocycles. The lowest BCUT2D eigenvalue weighted by Gasteiger charge is -2.37. The molecular formula is C37H34O5. The molecule has 4 aromatic carbocycles. The van der Waals surface area contributed by atoms with Gasteiger partial charge in [-0.25, -0.2) is 0 Å². The predicted octanol–water partition coefficient (Wildman–Crippen LogP) is 6.68. The normalized spacial score (nSPS) is 18.6. The van der Waals surface area contributed by atoms with Crippen molar-refractivity contribution in [2.45, 2.75) is 11.2 Å². The van der Waals surface area contributed by atoms with E-state index in [9.17, 15) is 9.90 Å². The Morgan fingerprint density at radius 2 is 1.33 bits per heavy atom. The molecule has 0 fully saturated rings. The summed E-state index contributed by atoms with van der Waals surface area (Å²) in [7, 11) is 1.59. The fourth-order valence-electron chi connectivity index (χ4n) is 5.51. The maximum Gasteiger partial charge on any atom is 0.166 e. The third-order valence-corrected chi connectivity index (χ3v) is 7.55. The molecule has 0 amide bonds. The van der Waals surface area contributed by atoms with Crippen molar-refractivity contribution in [3.05, 3.63) is 168 Å². The Balaban J connectivity index is 1.50. The van der Waals surface area contributed by atoms with Gasteiger partial charge in [0.05, 0.1) is 19.6 Å². The summed E-state index contributed by atoms with van der Waals surface area (Å²) in [4.78, 5) is 13.3. The van der Waals surface area contributed by atoms with Crippen LogP contribution in [0.1, 0.15) is 16.7 Å². The van der Waals surface area contributed by atoms with Crippen LogP contribution in [0.25, 0.3) is 0 Å². The van der Waals surface area contributed by atoms with Crippen LogP contribution < -0.4 is 9.47 Å². The van der Waals surface area contributed by atoms with Crippen molar-refractivity contribution in [2.75, 3.05) is 20.3 Å². The molecule has 0 unspecified atom stereocenters. The summed E-state index contributed by atoms with van der Waals surface area (Å²) < 4.78 is 18.1. The van der Waals surface area contributed by atoms with Crippen LogP contribution in [0.2, 0.25) is 0 Å². The standard InChI is InChI=1S/C37H34O5/c1-3-13-28(35-34(38)24-25-36(35,39)27-41-33-22-20-32(40-2)21-23-33)26-42-37(29-14-7-4-8-15-29,30-16-9-5-10-17-30)31-18-11-6-12-19-31/h3-25,35,39H,1,26-27H2,2H3/b28-13-/t35-,36+/m0/s1. The summed E-state index contributed by atoms with van der Waals surface area (Å²) in [6.07, 6.45) is 6.29. The highest BCUT2D eigenvalue weighted by Gasteiger charge is 2.47. The van der Waals surface area contributed by atoms with Crippen molar-refractivity contribution in [1.82, 2.24) is 0 Å². The molecule has 0 saturated carbocycles. The minimum Gasteiger partial charge on any atom is -0.497 e. The van der Waals surface area contributed by atoms with Crippen molar-refractivity contribution in [2.24, 2.45) is 5.92 Å². The van der Waals surface area contributed by atoms with Gasteiger partial charge in [-0.1, -0.05) is 110 Å². The van der Waals surface area contributed by atoms with Crippen LogP contribution >= 0.6 is 0 Å². The summed E-state index contributed by atoms with van der Waals surface area (Å²) in [5, 5.41) is 11.8. The molecule has 5 nitrogen and oxygen atoms in total. The average molecular weight is 559 g/mol. The van der Waals surface area contributed by atoms with Crippen molar-refractivity contribution >= 4 is 5.78 Å². The minimum absolute atomic E-state index is 0.0492. The molecule has 212 valence electrons. The quantitative estimate of drug-likeness (QED) is 0.155. The van der Waals surface area contributed by atoms with E-state index < -0.39 is 17.1 Å². The molecule has 0 spiro atoms. The zero-order chi connectivity index (χ0) is 29.4. The average Bonchev–Trinajstić information content (AvgIpc) is 3.35. The minimum atomic E-state index is -1.58. The lowest BCUT2D eigenvalue weighted by atomic mass is 9.79. The van der Waals surface area contributed by atoms with E-state index in [2.05, 4.69) is 6.58 Å². The van der Waals surface area contributed by atoms with Gasteiger partial charge in [-0.2, -0.15) is 0 Å². The molecule has 5 heteroatoms. The summed E-state index contributed by atoms with van der Waals surface area (Å²) in [5.41, 5.74) is 0.840. The summed E-state index contributed by atoms with van der Waals surface area (Å²) in [6, 6.07) is 37.1. The molecule has 1 N–H and O–H groups in total. The Bertz CT molecular complexity index is 1450. The number of rotatable bonds is 12. The zero-order valence-electron chi connectivity index (χ0n) is 23.6. The summed E-state index contributed by atoms with van der Waals surface area (Å²) in [5.74, 6) is 0.116. The van der Waals surface area contributed by atoms with Crippen LogP contribution in [0.5, 0.6) is 11.5 Å². The molecular weight excluding hydrogens is 524 g/mol. The maximum absolute atomic E-state index is 13.3. The van der Waals surface area contributed by atoms with Gasteiger partial charge < -0.3 is 19.3 Å². The fraction of sp³-hybridized carbons (Fsp3) is 0.162. The van der Waals surface area contributed by atoms with Gasteiger partial charge in [-0.15, -0.1) is 0 Å². The highest BCUT2D eigenvalue weighted by Crippen LogP contribution is 2.42. The van der Waals surface area contributed by atoms with Gasteiger partial charge in [-0.3, -0.25) is 4.79 Å². The maximum atomic E-state index is 13.3. The Labute approximate surface area is 247 Å². The second-order valence-electron chi connectivity index (χ2n) is 10.2. The Morgan fingerprint density at radius 3 is 1.81 bits per heavy atom. The summed E-state index contributed by atoms with van der Waals surface area (Å²) >= 11 is 0. The first-order valence-corrected chi connectivity index (χ1v) is 13.8. The summed E-state index contributed by atoms with van der Waals surface area (Å²) in [6.45, 7) is 3.81. The van der Waals surface area contributed by atoms with Gasteiger partial charge in [0.2, 0.25) is 0 Å². The van der Waals surface area contributed by atoms with Crippen molar-refractivity contribution < 1.29 is 24.1 Å². The highest BCUT2D eigenvalue weighted by atomic mass is 16.5. The predicted molar refractivity (Wildman–Crippen MR) is 165 cm³/mol. The van der Waals surface area contributed by atoms with Crippen LogP contribution in [0.15, 0.2) is 152 Å². The lowest BCUT2D eigenvalue weighted by molar-refractivity contribution is -0.122. The smallest absolute Gasteiger partial charge is 0.166 e. The van der Waals surface area contributed by atoms with Gasteiger partial charge in [-0.05, 0) is 58.7 Å². The molecule has 42 heavy (non-hydrogen) atoms. The van der Waals surface area contributed by atoms with E-state index in [0.717, 1.165) is 16.7 Å². The molecule has 0 radical (unpaired) electrons. The van der Waals surface area contributed by atoms with E-state index in [1.807, 2.05) is 91.0 Å². The van der Waals surface area contributed by atoms with E-state index in [1.54, 1.807) is 43.5 Å². The first kappa shape index (κ1) is 28.8. The number of hydrogen-bond donors (Lipinski definition) is 1. The number of methoxy groups -OCH3 is 1. The van der Waals surface area contributed by atoms with Crippen LogP contribution in [-0.2, 0) is 15.1 Å². The molecule has 0 aromatic heterocycles. The number of benzene rings is 4. The Kier molecular flexibility index (Phi) is 8.82. The molecule has 0 aliphatic heterocycles. The van der Waals surface area contributed by atoms with E-state index in [1.165, 1.54) is 12.2 Å². The number of aliphatic hydroxyl groups is 1. The second kappa shape index (κ2) is 12.9. The van der Waals surface area contributed by atoms with Gasteiger partial charge in [0.25, 0.3) is 0 Å². The van der Waals surface area contributed by atoms with Crippen molar-refractivity contribution in [3.8, 4) is 11.5 Å². The van der Waals surface area contributed by atoms with E-state index in [0.29, 0.717) is 17.1 Å². The Morgan fingerprint density at radius 1 is 0.833 bits per heavy atom. The lowest BCUT2D eigenvalue weighted by Crippen LogP contribution is -2.44. The van der Waals surface area contributed by atoms with Gasteiger partial charge in [0.1, 0.15) is 29.3 Å². The first-order valence-electron chi connectivity index (χ1n) is 13.8. The molecule has 4 aromatic rings. The van der Waals surface area contributed by atoms with Gasteiger partial charge >= 0.3 is 0 Å². The third-order valence-electron chi connectivity index (χ3n) is 7.55. The molecule has 1 aliphatic carbocycles. The van der Waals surface area contributed by atoms with Crippen molar-refractivity contribution in [3.63, 3.8) is 0 Å². The highest BCUT2D eigenvalue weighted by molar-refractivity contribution is 5.98. The van der Waals surface area contributed by atoms with E-state index in [4.69, 9.17) is 14.2 Å². The molecule has 0 bridgehead atoms.